The number of nitrogens with zero attached hydrogens (tertiary/aromatic N) is 2. The average Bonchev–Trinajstić information content (AvgIpc) is 3.28. The van der Waals surface area contributed by atoms with Gasteiger partial charge in [0, 0.05) is 44.4 Å². The van der Waals surface area contributed by atoms with E-state index in [4.69, 9.17) is 20.9 Å². The number of anilines is 1. The summed E-state index contributed by atoms with van der Waals surface area (Å²) in [6.07, 6.45) is 2.48. The number of guanidine groups is 1. The molecule has 0 heterocycles. The smallest absolute Gasteiger partial charge is 0.407 e. The third-order valence-corrected chi connectivity index (χ3v) is 11.8. The van der Waals surface area contributed by atoms with E-state index in [2.05, 4.69) is 36.3 Å². The predicted octanol–water partition coefficient (Wildman–Crippen LogP) is 2.55. The number of esters is 1. The van der Waals surface area contributed by atoms with Gasteiger partial charge < -0.3 is 57.5 Å². The van der Waals surface area contributed by atoms with Crippen LogP contribution >= 0.6 is 0 Å². The van der Waals surface area contributed by atoms with Gasteiger partial charge in [0.2, 0.25) is 29.6 Å². The number of ether oxygens (including phenoxy) is 2. The summed E-state index contributed by atoms with van der Waals surface area (Å²) in [6.45, 7) is 11.7. The van der Waals surface area contributed by atoms with Crippen molar-refractivity contribution in [2.75, 3.05) is 38.6 Å². The molecule has 2 aromatic rings. The number of carboxylic acid groups (broad SMARTS) is 1. The standard InChI is InChI=1S/C48H74N10O13S/c1-9-10-23-70-47(67)52-21-13-11-12-16-38(59)55-34-25-32(28-53-43(64)36(49)27-40(62)71-48(5,6)7)24-33(26-34)42(63)56-41(30(2)3)45(66)58(8)37(44(65)54-29-39(60)61)15-14-22-51-46(50)57-72(68,69)35-19-17-31(4)18-20-35/h17-20,24-26,30,36-37,41H,9-16,21-23,27-29,49H2,1-8H3,(H,52,67)(H,53,64)(H,54,65)(H,55,59)(H,56,63)(H,60,61)(H3,50,51,57)/t36-,37-,41+/m0/s1. The van der Waals surface area contributed by atoms with E-state index in [9.17, 15) is 51.9 Å². The summed E-state index contributed by atoms with van der Waals surface area (Å²) in [5, 5.41) is 22.3. The number of carbonyl (C=O) groups is 8. The van der Waals surface area contributed by atoms with Crippen LogP contribution in [0.4, 0.5) is 10.5 Å². The summed E-state index contributed by atoms with van der Waals surface area (Å²) >= 11 is 0. The molecule has 23 nitrogen and oxygen atoms in total. The molecule has 0 unspecified atom stereocenters. The monoisotopic (exact) mass is 1030 g/mol. The molecule has 0 radical (unpaired) electrons. The molecule has 0 aliphatic carbocycles. The summed E-state index contributed by atoms with van der Waals surface area (Å²) in [5.41, 5.74) is 12.4. The van der Waals surface area contributed by atoms with E-state index < -0.39 is 106 Å². The molecule has 0 aliphatic rings. The lowest BCUT2D eigenvalue weighted by Crippen LogP contribution is -2.56. The van der Waals surface area contributed by atoms with Gasteiger partial charge in [0.1, 0.15) is 24.2 Å². The number of rotatable bonds is 29. The Morgan fingerprint density at radius 2 is 1.57 bits per heavy atom. The highest BCUT2D eigenvalue weighted by molar-refractivity contribution is 7.90. The Morgan fingerprint density at radius 1 is 0.889 bits per heavy atom. The second-order valence-corrected chi connectivity index (χ2v) is 20.1. The summed E-state index contributed by atoms with van der Waals surface area (Å²) < 4.78 is 38.1. The molecule has 0 saturated carbocycles. The summed E-state index contributed by atoms with van der Waals surface area (Å²) in [7, 11) is -2.74. The van der Waals surface area contributed by atoms with Crippen molar-refractivity contribution in [3.05, 3.63) is 59.2 Å². The minimum Gasteiger partial charge on any atom is -0.480 e. The molecule has 0 fully saturated rings. The number of benzene rings is 2. The van der Waals surface area contributed by atoms with Crippen molar-refractivity contribution in [1.29, 1.82) is 0 Å². The van der Waals surface area contributed by atoms with Crippen molar-refractivity contribution in [1.82, 2.24) is 30.9 Å². The molecule has 2 aromatic carbocycles. The van der Waals surface area contributed by atoms with Gasteiger partial charge in [0.25, 0.3) is 15.9 Å². The molecule has 2 rings (SSSR count). The van der Waals surface area contributed by atoms with Gasteiger partial charge in [-0.3, -0.25) is 38.6 Å². The number of nitrogens with one attached hydrogen (secondary N) is 6. The first-order valence-corrected chi connectivity index (χ1v) is 25.3. The molecular weight excluding hydrogens is 957 g/mol. The van der Waals surface area contributed by atoms with Crippen LogP contribution in [-0.2, 0) is 54.8 Å². The molecule has 0 bridgehead atoms. The number of alkyl carbamates (subject to hydrolysis) is 1. The van der Waals surface area contributed by atoms with Crippen LogP contribution < -0.4 is 42.8 Å². The van der Waals surface area contributed by atoms with E-state index in [1.165, 1.54) is 37.4 Å². The number of hydrogen-bond donors (Lipinski definition) is 9. The Balaban J connectivity index is 2.31. The van der Waals surface area contributed by atoms with Crippen LogP contribution in [0.15, 0.2) is 52.4 Å². The molecule has 3 atom stereocenters. The Kier molecular flexibility index (Phi) is 25.7. The number of aryl methyl sites for hydroxylation is 1. The van der Waals surface area contributed by atoms with Crippen molar-refractivity contribution >= 4 is 69.2 Å². The van der Waals surface area contributed by atoms with Crippen LogP contribution in [0.5, 0.6) is 0 Å². The van der Waals surface area contributed by atoms with Crippen LogP contribution in [-0.4, -0.2) is 129 Å². The highest BCUT2D eigenvalue weighted by Crippen LogP contribution is 2.19. The van der Waals surface area contributed by atoms with Crippen molar-refractivity contribution in [3.8, 4) is 0 Å². The number of aliphatic carboxylic acids is 1. The number of hydrogen-bond acceptors (Lipinski definition) is 14. The van der Waals surface area contributed by atoms with E-state index in [0.29, 0.717) is 38.0 Å². The van der Waals surface area contributed by atoms with Crippen LogP contribution in [0.25, 0.3) is 0 Å². The zero-order chi connectivity index (χ0) is 54.2. The number of amides is 6. The van der Waals surface area contributed by atoms with E-state index in [1.807, 2.05) is 6.92 Å². The number of nitrogens with two attached hydrogens (primary N) is 2. The third-order valence-electron chi connectivity index (χ3n) is 10.5. The Labute approximate surface area is 421 Å². The molecule has 24 heteroatoms. The van der Waals surface area contributed by atoms with Crippen molar-refractivity contribution < 1.29 is 61.4 Å². The number of sulfonamides is 1. The second kappa shape index (κ2) is 30.1. The molecule has 400 valence electrons. The van der Waals surface area contributed by atoms with Gasteiger partial charge in [-0.05, 0) is 102 Å². The maximum absolute atomic E-state index is 14.2. The lowest BCUT2D eigenvalue weighted by Gasteiger charge is -2.32. The molecule has 0 saturated heterocycles. The summed E-state index contributed by atoms with van der Waals surface area (Å²) in [4.78, 5) is 108. The van der Waals surface area contributed by atoms with Gasteiger partial charge in [-0.25, -0.2) is 17.9 Å². The van der Waals surface area contributed by atoms with Crippen LogP contribution in [0.1, 0.15) is 121 Å². The van der Waals surface area contributed by atoms with Crippen LogP contribution in [0.3, 0.4) is 0 Å². The molecule has 11 N–H and O–H groups in total. The third kappa shape index (κ3) is 23.4. The highest BCUT2D eigenvalue weighted by Gasteiger charge is 2.34. The SMILES string of the molecule is CCCCOC(=O)NCCCCCC(=O)Nc1cc(CNC(=O)[C@@H](N)CC(=O)OC(C)(C)C)cc(C(=O)N[C@@H](C(=O)N(C)[C@@H](CCCN=C(N)NS(=O)(=O)c2ccc(C)cc2)C(=O)NCC(=O)O)C(C)C)c1. The van der Waals surface area contributed by atoms with Gasteiger partial charge in [-0.2, -0.15) is 0 Å². The van der Waals surface area contributed by atoms with E-state index in [-0.39, 0.29) is 48.5 Å². The van der Waals surface area contributed by atoms with Gasteiger partial charge >= 0.3 is 18.0 Å². The molecule has 0 aliphatic heterocycles. The highest BCUT2D eigenvalue weighted by atomic mass is 32.2. The van der Waals surface area contributed by atoms with Gasteiger partial charge in [0.05, 0.1) is 24.0 Å². The quantitative estimate of drug-likeness (QED) is 0.0245. The first kappa shape index (κ1) is 61.3. The minimum absolute atomic E-state index is 0.0303. The molecular formula is C48H74N10O13S. The lowest BCUT2D eigenvalue weighted by molar-refractivity contribution is -0.156. The molecule has 0 aromatic heterocycles. The van der Waals surface area contributed by atoms with Gasteiger partial charge in [-0.1, -0.05) is 51.3 Å². The number of aliphatic imine (C=N–C) groups is 1. The van der Waals surface area contributed by atoms with Crippen LogP contribution in [0, 0.1) is 12.8 Å². The summed E-state index contributed by atoms with van der Waals surface area (Å²) in [5.74, 6) is -6.42. The van der Waals surface area contributed by atoms with E-state index in [0.717, 1.165) is 23.3 Å². The molecule has 72 heavy (non-hydrogen) atoms. The van der Waals surface area contributed by atoms with E-state index in [1.54, 1.807) is 53.7 Å². The van der Waals surface area contributed by atoms with Gasteiger partial charge in [0.15, 0.2) is 0 Å². The van der Waals surface area contributed by atoms with Crippen molar-refractivity contribution in [2.45, 2.75) is 141 Å². The second-order valence-electron chi connectivity index (χ2n) is 18.4. The number of unbranched alkanes of at least 4 members (excludes halogenated alkanes) is 3. The maximum atomic E-state index is 14.2. The van der Waals surface area contributed by atoms with Crippen LogP contribution in [0.2, 0.25) is 0 Å². The molecule has 6 amide bonds. The maximum Gasteiger partial charge on any atom is 0.407 e. The Morgan fingerprint density at radius 3 is 2.19 bits per heavy atom. The fourth-order valence-corrected chi connectivity index (χ4v) is 7.61. The molecule has 0 spiro atoms. The van der Waals surface area contributed by atoms with Crippen molar-refractivity contribution in [2.24, 2.45) is 22.4 Å². The largest absolute Gasteiger partial charge is 0.480 e. The minimum atomic E-state index is -4.05. The average molecular weight is 1030 g/mol. The number of carboxylic acids is 1. The number of carbonyl (C=O) groups excluding carboxylic acids is 7. The summed E-state index contributed by atoms with van der Waals surface area (Å²) in [6, 6.07) is 6.55. The fraction of sp³-hybridized carbons (Fsp3) is 0.562. The first-order chi connectivity index (χ1) is 33.7. The normalized spacial score (nSPS) is 12.9. The Hall–Kier alpha value is -6.82. The first-order valence-electron chi connectivity index (χ1n) is 23.8. The lowest BCUT2D eigenvalue weighted by atomic mass is 9.99. The fourth-order valence-electron chi connectivity index (χ4n) is 6.66. The zero-order valence-electron chi connectivity index (χ0n) is 42.6. The topological polar surface area (TPSA) is 349 Å². The zero-order valence-corrected chi connectivity index (χ0v) is 43.4. The Bertz CT molecular complexity index is 2320. The number of likely N-dealkylation sites (N-methyl/N-ethyl adjacent to an activating group) is 1. The van der Waals surface area contributed by atoms with E-state index >= 15 is 0 Å². The van der Waals surface area contributed by atoms with Gasteiger partial charge in [-0.15, -0.1) is 0 Å². The predicted molar refractivity (Wildman–Crippen MR) is 269 cm³/mol. The van der Waals surface area contributed by atoms with Crippen molar-refractivity contribution in [3.63, 3.8) is 0 Å².